The average Bonchev–Trinajstić information content (AvgIpc) is 3.06. The number of nitrogens with zero attached hydrogens (tertiary/aromatic N) is 3. The second kappa shape index (κ2) is 9.91. The molecule has 2 amide bonds. The first kappa shape index (κ1) is 21.4. The van der Waals surface area contributed by atoms with E-state index in [1.165, 1.54) is 31.0 Å². The van der Waals surface area contributed by atoms with Crippen LogP contribution in [0.3, 0.4) is 0 Å². The topological polar surface area (TPSA) is 88.9 Å². The zero-order valence-electron chi connectivity index (χ0n) is 17.3. The summed E-state index contributed by atoms with van der Waals surface area (Å²) in [5.41, 5.74) is 1.58. The Hall–Kier alpha value is -2.35. The first-order chi connectivity index (χ1) is 14.0. The summed E-state index contributed by atoms with van der Waals surface area (Å²) in [6.45, 7) is 4.39. The van der Waals surface area contributed by atoms with E-state index < -0.39 is 0 Å². The van der Waals surface area contributed by atoms with Gasteiger partial charge in [0.15, 0.2) is 11.0 Å². The molecule has 1 aromatic carbocycles. The van der Waals surface area contributed by atoms with E-state index in [0.717, 1.165) is 12.0 Å². The van der Waals surface area contributed by atoms with E-state index in [1.807, 2.05) is 36.7 Å². The molecule has 1 aromatic heterocycles. The maximum Gasteiger partial charge on any atom is 0.251 e. The van der Waals surface area contributed by atoms with Gasteiger partial charge in [-0.05, 0) is 37.3 Å². The first-order valence-corrected chi connectivity index (χ1v) is 11.1. The molecular weight excluding hydrogens is 386 g/mol. The third-order valence-electron chi connectivity index (χ3n) is 5.51. The summed E-state index contributed by atoms with van der Waals surface area (Å²) in [6.07, 6.45) is 4.68. The van der Waals surface area contributed by atoms with Gasteiger partial charge in [0.25, 0.3) is 5.91 Å². The first-order valence-electron chi connectivity index (χ1n) is 10.1. The van der Waals surface area contributed by atoms with Gasteiger partial charge in [0.05, 0.1) is 12.3 Å². The summed E-state index contributed by atoms with van der Waals surface area (Å²) in [5.74, 6) is 1.39. The van der Waals surface area contributed by atoms with E-state index in [2.05, 4.69) is 27.8 Å². The van der Waals surface area contributed by atoms with Gasteiger partial charge in [-0.15, -0.1) is 10.2 Å². The molecule has 1 heterocycles. The monoisotopic (exact) mass is 415 g/mol. The van der Waals surface area contributed by atoms with Gasteiger partial charge in [0.2, 0.25) is 5.91 Å². The third-order valence-corrected chi connectivity index (χ3v) is 6.53. The molecule has 1 fully saturated rings. The van der Waals surface area contributed by atoms with Crippen molar-refractivity contribution in [3.8, 4) is 0 Å². The lowest BCUT2D eigenvalue weighted by molar-refractivity contribution is -0.119. The molecule has 29 heavy (non-hydrogen) atoms. The molecule has 0 radical (unpaired) electrons. The number of hydrogen-bond acceptors (Lipinski definition) is 5. The molecule has 0 saturated heterocycles. The van der Waals surface area contributed by atoms with Gasteiger partial charge in [-0.25, -0.2) is 0 Å². The van der Waals surface area contributed by atoms with Gasteiger partial charge in [-0.2, -0.15) is 0 Å². The summed E-state index contributed by atoms with van der Waals surface area (Å²) in [6, 6.07) is 7.74. The van der Waals surface area contributed by atoms with Crippen molar-refractivity contribution in [2.45, 2.75) is 57.3 Å². The molecule has 2 atom stereocenters. The molecule has 0 aliphatic heterocycles. The second-order valence-corrected chi connectivity index (χ2v) is 8.62. The summed E-state index contributed by atoms with van der Waals surface area (Å²) >= 11 is 1.36. The van der Waals surface area contributed by atoms with Crippen LogP contribution in [0.1, 0.15) is 54.4 Å². The number of thioether (sulfide) groups is 1. The van der Waals surface area contributed by atoms with Crippen molar-refractivity contribution in [3.05, 3.63) is 41.2 Å². The molecule has 156 valence electrons. The molecule has 0 spiro atoms. The van der Waals surface area contributed by atoms with E-state index in [9.17, 15) is 9.59 Å². The summed E-state index contributed by atoms with van der Waals surface area (Å²) in [7, 11) is 1.85. The molecule has 0 unspecified atom stereocenters. The fourth-order valence-electron chi connectivity index (χ4n) is 3.62. The SMILES string of the molecule is Cc1ccccc1C(=O)NCc1nnc(SCC(=O)N[C@H]2CCCC[C@@H]2C)n1C. The number of aromatic nitrogens is 3. The Morgan fingerprint density at radius 3 is 2.72 bits per heavy atom. The lowest BCUT2D eigenvalue weighted by Gasteiger charge is -2.29. The Bertz CT molecular complexity index is 867. The standard InChI is InChI=1S/C21H29N5O2S/c1-14-8-4-6-10-16(14)20(28)22-12-18-24-25-21(26(18)3)29-13-19(27)23-17-11-7-5-9-15(17)2/h4,6,8,10,15,17H,5,7,9,11-13H2,1-3H3,(H,22,28)(H,23,27)/t15-,17-/m0/s1. The number of amides is 2. The number of rotatable bonds is 7. The van der Waals surface area contributed by atoms with Crippen LogP contribution in [0.5, 0.6) is 0 Å². The Balaban J connectivity index is 1.49. The molecule has 1 aliphatic rings. The maximum absolute atomic E-state index is 12.4. The molecular formula is C21H29N5O2S. The van der Waals surface area contributed by atoms with Gasteiger partial charge in [0.1, 0.15) is 0 Å². The van der Waals surface area contributed by atoms with E-state index in [4.69, 9.17) is 0 Å². The highest BCUT2D eigenvalue weighted by atomic mass is 32.2. The predicted molar refractivity (Wildman–Crippen MR) is 114 cm³/mol. The normalized spacial score (nSPS) is 19.0. The van der Waals surface area contributed by atoms with Gasteiger partial charge >= 0.3 is 0 Å². The molecule has 3 rings (SSSR count). The summed E-state index contributed by atoms with van der Waals surface area (Å²) in [5, 5.41) is 15.0. The molecule has 1 saturated carbocycles. The second-order valence-electron chi connectivity index (χ2n) is 7.68. The highest BCUT2D eigenvalue weighted by molar-refractivity contribution is 7.99. The van der Waals surface area contributed by atoms with Crippen molar-refractivity contribution in [1.82, 2.24) is 25.4 Å². The Kier molecular flexibility index (Phi) is 7.30. The molecule has 2 aromatic rings. The van der Waals surface area contributed by atoms with Gasteiger partial charge in [-0.1, -0.05) is 49.7 Å². The highest BCUT2D eigenvalue weighted by Gasteiger charge is 2.23. The van der Waals surface area contributed by atoms with Crippen LogP contribution in [-0.4, -0.2) is 38.4 Å². The molecule has 0 bridgehead atoms. The van der Waals surface area contributed by atoms with E-state index >= 15 is 0 Å². The van der Waals surface area contributed by atoms with E-state index in [0.29, 0.717) is 28.2 Å². The zero-order chi connectivity index (χ0) is 20.8. The molecule has 8 heteroatoms. The predicted octanol–water partition coefficient (Wildman–Crippen LogP) is 2.84. The lowest BCUT2D eigenvalue weighted by Crippen LogP contribution is -2.41. The Labute approximate surface area is 176 Å². The highest BCUT2D eigenvalue weighted by Crippen LogP contribution is 2.24. The van der Waals surface area contributed by atoms with E-state index in [1.54, 1.807) is 6.07 Å². The van der Waals surface area contributed by atoms with E-state index in [-0.39, 0.29) is 24.4 Å². The summed E-state index contributed by atoms with van der Waals surface area (Å²) < 4.78 is 1.82. The van der Waals surface area contributed by atoms with Crippen molar-refractivity contribution in [2.75, 3.05) is 5.75 Å². The van der Waals surface area contributed by atoms with Crippen LogP contribution in [0, 0.1) is 12.8 Å². The molecule has 2 N–H and O–H groups in total. The lowest BCUT2D eigenvalue weighted by atomic mass is 9.86. The van der Waals surface area contributed by atoms with Crippen LogP contribution in [0.15, 0.2) is 29.4 Å². The van der Waals surface area contributed by atoms with Crippen molar-refractivity contribution in [3.63, 3.8) is 0 Å². The van der Waals surface area contributed by atoms with Crippen LogP contribution in [0.4, 0.5) is 0 Å². The minimum atomic E-state index is -0.138. The average molecular weight is 416 g/mol. The largest absolute Gasteiger partial charge is 0.352 e. The van der Waals surface area contributed by atoms with Crippen molar-refractivity contribution in [1.29, 1.82) is 0 Å². The number of hydrogen-bond donors (Lipinski definition) is 2. The van der Waals surface area contributed by atoms with Gasteiger partial charge < -0.3 is 15.2 Å². The third kappa shape index (κ3) is 5.59. The zero-order valence-corrected chi connectivity index (χ0v) is 18.1. The Morgan fingerprint density at radius 1 is 1.21 bits per heavy atom. The quantitative estimate of drug-likeness (QED) is 0.679. The van der Waals surface area contributed by atoms with Crippen LogP contribution in [0.25, 0.3) is 0 Å². The van der Waals surface area contributed by atoms with Gasteiger partial charge in [-0.3, -0.25) is 9.59 Å². The fourth-order valence-corrected chi connectivity index (χ4v) is 4.36. The fraction of sp³-hybridized carbons (Fsp3) is 0.524. The number of carbonyl (C=O) groups excluding carboxylic acids is 2. The minimum absolute atomic E-state index is 0.0335. The number of aryl methyl sites for hydroxylation is 1. The smallest absolute Gasteiger partial charge is 0.251 e. The van der Waals surface area contributed by atoms with Crippen molar-refractivity contribution >= 4 is 23.6 Å². The van der Waals surface area contributed by atoms with Crippen LogP contribution in [-0.2, 0) is 18.4 Å². The van der Waals surface area contributed by atoms with Crippen LogP contribution in [0.2, 0.25) is 0 Å². The van der Waals surface area contributed by atoms with Crippen molar-refractivity contribution < 1.29 is 9.59 Å². The number of nitrogens with one attached hydrogen (secondary N) is 2. The number of carbonyl (C=O) groups is 2. The minimum Gasteiger partial charge on any atom is -0.352 e. The number of benzene rings is 1. The van der Waals surface area contributed by atoms with Crippen molar-refractivity contribution in [2.24, 2.45) is 13.0 Å². The Morgan fingerprint density at radius 2 is 1.97 bits per heavy atom. The summed E-state index contributed by atoms with van der Waals surface area (Å²) in [4.78, 5) is 24.7. The van der Waals surface area contributed by atoms with Crippen LogP contribution >= 0.6 is 11.8 Å². The molecule has 1 aliphatic carbocycles. The van der Waals surface area contributed by atoms with Crippen LogP contribution < -0.4 is 10.6 Å². The maximum atomic E-state index is 12.4. The molecule has 7 nitrogen and oxygen atoms in total. The van der Waals surface area contributed by atoms with Gasteiger partial charge in [0, 0.05) is 18.7 Å².